The minimum Gasteiger partial charge on any atom is -0.481 e. The molecule has 0 aliphatic carbocycles. The summed E-state index contributed by atoms with van der Waals surface area (Å²) in [5.41, 5.74) is 0. The Labute approximate surface area is 147 Å². The number of ketones is 1. The fourth-order valence-corrected chi connectivity index (χ4v) is 2.86. The van der Waals surface area contributed by atoms with Crippen LogP contribution < -0.4 is 4.74 Å². The minimum atomic E-state index is -0.529. The van der Waals surface area contributed by atoms with E-state index in [9.17, 15) is 9.59 Å². The van der Waals surface area contributed by atoms with Crippen molar-refractivity contribution in [2.24, 2.45) is 0 Å². The summed E-state index contributed by atoms with van der Waals surface area (Å²) >= 11 is 0. The summed E-state index contributed by atoms with van der Waals surface area (Å²) < 4.78 is 10.8. The van der Waals surface area contributed by atoms with Gasteiger partial charge < -0.3 is 14.1 Å². The fraction of sp³-hybridized carbons (Fsp3) is 0.368. The van der Waals surface area contributed by atoms with E-state index >= 15 is 0 Å². The maximum absolute atomic E-state index is 12.5. The number of hydrogen-bond donors (Lipinski definition) is 0. The molecule has 2 heterocycles. The fourth-order valence-electron chi connectivity index (χ4n) is 2.86. The molecule has 132 valence electrons. The van der Waals surface area contributed by atoms with E-state index in [1.807, 2.05) is 35.2 Å². The molecule has 2 aromatic rings. The molecule has 1 aliphatic rings. The molecule has 0 radical (unpaired) electrons. The van der Waals surface area contributed by atoms with Gasteiger partial charge in [-0.05, 0) is 31.2 Å². The van der Waals surface area contributed by atoms with Crippen LogP contribution in [0.25, 0.3) is 0 Å². The molecule has 1 atom stereocenters. The van der Waals surface area contributed by atoms with Crippen molar-refractivity contribution < 1.29 is 18.7 Å². The van der Waals surface area contributed by atoms with E-state index in [0.29, 0.717) is 44.2 Å². The van der Waals surface area contributed by atoms with Gasteiger partial charge in [-0.1, -0.05) is 18.2 Å². The van der Waals surface area contributed by atoms with Gasteiger partial charge in [0.25, 0.3) is 5.91 Å². The van der Waals surface area contributed by atoms with Crippen molar-refractivity contribution in [3.05, 3.63) is 54.5 Å². The summed E-state index contributed by atoms with van der Waals surface area (Å²) in [4.78, 5) is 28.4. The summed E-state index contributed by atoms with van der Waals surface area (Å²) in [6.45, 7) is 4.58. The number of ether oxygens (including phenoxy) is 1. The van der Waals surface area contributed by atoms with Gasteiger partial charge in [-0.3, -0.25) is 14.5 Å². The van der Waals surface area contributed by atoms with E-state index in [0.717, 1.165) is 0 Å². The lowest BCUT2D eigenvalue weighted by Gasteiger charge is -2.35. The predicted octanol–water partition coefficient (Wildman–Crippen LogP) is 2.07. The van der Waals surface area contributed by atoms with Gasteiger partial charge in [0.05, 0.1) is 12.8 Å². The number of rotatable bonds is 6. The molecule has 25 heavy (non-hydrogen) atoms. The summed E-state index contributed by atoms with van der Waals surface area (Å²) in [5, 5.41) is 0. The van der Waals surface area contributed by atoms with Crippen LogP contribution in [0.4, 0.5) is 0 Å². The first-order chi connectivity index (χ1) is 12.1. The Morgan fingerprint density at radius 1 is 1.08 bits per heavy atom. The second-order valence-electron chi connectivity index (χ2n) is 6.08. The van der Waals surface area contributed by atoms with Gasteiger partial charge in [0.2, 0.25) is 5.78 Å². The molecule has 0 unspecified atom stereocenters. The Morgan fingerprint density at radius 2 is 1.80 bits per heavy atom. The quantitative estimate of drug-likeness (QED) is 0.752. The topological polar surface area (TPSA) is 63.0 Å². The number of carbonyl (C=O) groups is 2. The van der Waals surface area contributed by atoms with Gasteiger partial charge in [-0.15, -0.1) is 0 Å². The van der Waals surface area contributed by atoms with Gasteiger partial charge in [0.15, 0.2) is 11.9 Å². The van der Waals surface area contributed by atoms with E-state index in [1.165, 1.54) is 6.26 Å². The molecule has 0 saturated carbocycles. The smallest absolute Gasteiger partial charge is 0.263 e. The number of furan rings is 1. The monoisotopic (exact) mass is 342 g/mol. The standard InChI is InChI=1S/C19H22N2O4/c1-15(25-16-6-3-2-4-7-16)19(23)21-11-9-20(10-12-21)14-17(22)18-8-5-13-24-18/h2-8,13,15H,9-12,14H2,1H3/t15-/m0/s1. The average Bonchev–Trinajstić information content (AvgIpc) is 3.17. The van der Waals surface area contributed by atoms with Crippen LogP contribution >= 0.6 is 0 Å². The van der Waals surface area contributed by atoms with E-state index in [4.69, 9.17) is 9.15 Å². The summed E-state index contributed by atoms with van der Waals surface area (Å²) in [6.07, 6.45) is 0.969. The Kier molecular flexibility index (Phi) is 5.50. The van der Waals surface area contributed by atoms with Crippen molar-refractivity contribution >= 4 is 11.7 Å². The largest absolute Gasteiger partial charge is 0.481 e. The summed E-state index contributed by atoms with van der Waals surface area (Å²) in [7, 11) is 0. The molecule has 0 spiro atoms. The molecule has 1 saturated heterocycles. The third-order valence-electron chi connectivity index (χ3n) is 4.25. The number of hydrogen-bond acceptors (Lipinski definition) is 5. The van der Waals surface area contributed by atoms with Crippen LogP contribution in [0.3, 0.4) is 0 Å². The molecule has 1 fully saturated rings. The minimum absolute atomic E-state index is 0.0270. The molecule has 1 aromatic carbocycles. The van der Waals surface area contributed by atoms with Crippen LogP contribution in [0, 0.1) is 0 Å². The number of carbonyl (C=O) groups excluding carboxylic acids is 2. The average molecular weight is 342 g/mol. The number of nitrogens with zero attached hydrogens (tertiary/aromatic N) is 2. The summed E-state index contributed by atoms with van der Waals surface area (Å²) in [5.74, 6) is 1.00. The molecule has 1 amide bonds. The SMILES string of the molecule is C[C@H](Oc1ccccc1)C(=O)N1CCN(CC(=O)c2ccco2)CC1. The number of Topliss-reactive ketones (excluding diaryl/α,β-unsaturated/α-hetero) is 1. The van der Waals surface area contributed by atoms with Gasteiger partial charge in [0, 0.05) is 26.2 Å². The normalized spacial score (nSPS) is 16.4. The lowest BCUT2D eigenvalue weighted by Crippen LogP contribution is -2.52. The highest BCUT2D eigenvalue weighted by molar-refractivity contribution is 5.95. The van der Waals surface area contributed by atoms with E-state index in [2.05, 4.69) is 0 Å². The second-order valence-corrected chi connectivity index (χ2v) is 6.08. The number of para-hydroxylation sites is 1. The van der Waals surface area contributed by atoms with E-state index in [1.54, 1.807) is 24.0 Å². The number of amides is 1. The summed E-state index contributed by atoms with van der Waals surface area (Å²) in [6, 6.07) is 12.7. The van der Waals surface area contributed by atoms with Crippen LogP contribution in [0.1, 0.15) is 17.5 Å². The molecule has 1 aromatic heterocycles. The molecular formula is C19H22N2O4. The lowest BCUT2D eigenvalue weighted by molar-refractivity contribution is -0.139. The second kappa shape index (κ2) is 7.98. The zero-order chi connectivity index (χ0) is 17.6. The van der Waals surface area contributed by atoms with Gasteiger partial charge in [0.1, 0.15) is 5.75 Å². The Hall–Kier alpha value is -2.60. The van der Waals surface area contributed by atoms with Crippen LogP contribution in [0.2, 0.25) is 0 Å². The van der Waals surface area contributed by atoms with Crippen molar-refractivity contribution in [2.45, 2.75) is 13.0 Å². The van der Waals surface area contributed by atoms with Crippen LogP contribution in [-0.2, 0) is 4.79 Å². The number of benzene rings is 1. The molecule has 6 nitrogen and oxygen atoms in total. The Balaban J connectivity index is 1.46. The maximum atomic E-state index is 12.5. The van der Waals surface area contributed by atoms with Crippen molar-refractivity contribution in [3.8, 4) is 5.75 Å². The Bertz CT molecular complexity index is 691. The Morgan fingerprint density at radius 3 is 2.44 bits per heavy atom. The lowest BCUT2D eigenvalue weighted by atomic mass is 10.2. The van der Waals surface area contributed by atoms with E-state index in [-0.39, 0.29) is 11.7 Å². The van der Waals surface area contributed by atoms with Crippen LogP contribution in [-0.4, -0.2) is 60.3 Å². The zero-order valence-electron chi connectivity index (χ0n) is 14.3. The third-order valence-corrected chi connectivity index (χ3v) is 4.25. The first kappa shape index (κ1) is 17.2. The van der Waals surface area contributed by atoms with Crippen molar-refractivity contribution in [1.82, 2.24) is 9.80 Å². The molecule has 1 aliphatic heterocycles. The molecule has 0 N–H and O–H groups in total. The van der Waals surface area contributed by atoms with Crippen molar-refractivity contribution in [3.63, 3.8) is 0 Å². The van der Waals surface area contributed by atoms with Crippen molar-refractivity contribution in [2.75, 3.05) is 32.7 Å². The van der Waals surface area contributed by atoms with Gasteiger partial charge in [-0.25, -0.2) is 0 Å². The van der Waals surface area contributed by atoms with Gasteiger partial charge in [-0.2, -0.15) is 0 Å². The predicted molar refractivity (Wildman–Crippen MR) is 92.6 cm³/mol. The van der Waals surface area contributed by atoms with Crippen LogP contribution in [0.15, 0.2) is 53.1 Å². The number of piperazine rings is 1. The molecule has 6 heteroatoms. The highest BCUT2D eigenvalue weighted by Gasteiger charge is 2.27. The molecule has 3 rings (SSSR count). The zero-order valence-corrected chi connectivity index (χ0v) is 14.3. The third kappa shape index (κ3) is 4.48. The molecule has 0 bridgehead atoms. The van der Waals surface area contributed by atoms with E-state index < -0.39 is 6.10 Å². The highest BCUT2D eigenvalue weighted by Crippen LogP contribution is 2.13. The molecular weight excluding hydrogens is 320 g/mol. The first-order valence-electron chi connectivity index (χ1n) is 8.43. The maximum Gasteiger partial charge on any atom is 0.263 e. The first-order valence-corrected chi connectivity index (χ1v) is 8.43. The van der Waals surface area contributed by atoms with Gasteiger partial charge >= 0.3 is 0 Å². The highest BCUT2D eigenvalue weighted by atomic mass is 16.5. The van der Waals surface area contributed by atoms with Crippen LogP contribution in [0.5, 0.6) is 5.75 Å². The van der Waals surface area contributed by atoms with Crippen molar-refractivity contribution in [1.29, 1.82) is 0 Å².